The van der Waals surface area contributed by atoms with Gasteiger partial charge in [0.15, 0.2) is 10.6 Å². The van der Waals surface area contributed by atoms with Gasteiger partial charge in [0.25, 0.3) is 0 Å². The molecule has 6 heteroatoms. The Balaban J connectivity index is 1.72. The predicted octanol–water partition coefficient (Wildman–Crippen LogP) is 4.65. The predicted molar refractivity (Wildman–Crippen MR) is 103 cm³/mol. The summed E-state index contributed by atoms with van der Waals surface area (Å²) in [5.74, 6) is 1.66. The lowest BCUT2D eigenvalue weighted by atomic mass is 10.1. The molecule has 124 valence electrons. The minimum absolute atomic E-state index is 0.589. The average Bonchev–Trinajstić information content (AvgIpc) is 3.19. The molecule has 0 aliphatic rings. The van der Waals surface area contributed by atoms with Crippen LogP contribution in [-0.4, -0.2) is 24.7 Å². The van der Waals surface area contributed by atoms with Crippen molar-refractivity contribution in [2.24, 2.45) is 0 Å². The van der Waals surface area contributed by atoms with Crippen LogP contribution in [0.4, 0.5) is 0 Å². The number of H-pyrrole nitrogens is 2. The molecule has 2 aromatic heterocycles. The van der Waals surface area contributed by atoms with Gasteiger partial charge >= 0.3 is 0 Å². The standard InChI is InChI=1S/C19H17N5S/c1-3-10-24-18(22-23-19(24)25)14-7-5-13(6-8-14)17-20-15-9-4-12(2)11-16(15)21-17/h3-9,11H,1,10H2,2H3,(H,20,21)(H,23,25). The molecule has 0 saturated carbocycles. The van der Waals surface area contributed by atoms with Gasteiger partial charge in [-0.15, -0.1) is 6.58 Å². The maximum Gasteiger partial charge on any atom is 0.195 e. The van der Waals surface area contributed by atoms with Gasteiger partial charge in [-0.2, -0.15) is 5.10 Å². The number of allylic oxidation sites excluding steroid dienone is 1. The van der Waals surface area contributed by atoms with E-state index in [-0.39, 0.29) is 0 Å². The lowest BCUT2D eigenvalue weighted by Crippen LogP contribution is -1.98. The highest BCUT2D eigenvalue weighted by Crippen LogP contribution is 2.24. The Morgan fingerprint density at radius 1 is 1.16 bits per heavy atom. The highest BCUT2D eigenvalue weighted by atomic mass is 32.1. The molecule has 0 spiro atoms. The summed E-state index contributed by atoms with van der Waals surface area (Å²) in [7, 11) is 0. The molecule has 0 saturated heterocycles. The summed E-state index contributed by atoms with van der Waals surface area (Å²) in [4.78, 5) is 8.04. The van der Waals surface area contributed by atoms with Crippen LogP contribution in [0, 0.1) is 11.7 Å². The van der Waals surface area contributed by atoms with Crippen LogP contribution in [-0.2, 0) is 6.54 Å². The van der Waals surface area contributed by atoms with Crippen LogP contribution in [0.15, 0.2) is 55.1 Å². The number of rotatable bonds is 4. The quantitative estimate of drug-likeness (QED) is 0.417. The fourth-order valence-electron chi connectivity index (χ4n) is 2.87. The van der Waals surface area contributed by atoms with Gasteiger partial charge in [0.2, 0.25) is 0 Å². The van der Waals surface area contributed by atoms with Crippen LogP contribution in [0.3, 0.4) is 0 Å². The molecule has 0 fully saturated rings. The maximum atomic E-state index is 5.27. The van der Waals surface area contributed by atoms with Gasteiger partial charge in [-0.05, 0) is 36.8 Å². The van der Waals surface area contributed by atoms with Gasteiger partial charge < -0.3 is 4.98 Å². The lowest BCUT2D eigenvalue weighted by Gasteiger charge is -2.04. The Morgan fingerprint density at radius 3 is 2.68 bits per heavy atom. The normalized spacial score (nSPS) is 11.1. The fourth-order valence-corrected chi connectivity index (χ4v) is 3.08. The number of aryl methyl sites for hydroxylation is 1. The number of benzene rings is 2. The van der Waals surface area contributed by atoms with Crippen molar-refractivity contribution in [3.63, 3.8) is 0 Å². The largest absolute Gasteiger partial charge is 0.338 e. The van der Waals surface area contributed by atoms with Gasteiger partial charge in [0.05, 0.1) is 11.0 Å². The number of imidazole rings is 1. The maximum absolute atomic E-state index is 5.27. The molecule has 0 bridgehead atoms. The molecule has 0 atom stereocenters. The number of hydrogen-bond donors (Lipinski definition) is 2. The number of aromatic nitrogens is 5. The van der Waals surface area contributed by atoms with Gasteiger partial charge in [0, 0.05) is 17.7 Å². The molecule has 0 amide bonds. The van der Waals surface area contributed by atoms with E-state index in [1.165, 1.54) is 5.56 Å². The summed E-state index contributed by atoms with van der Waals surface area (Å²) >= 11 is 5.27. The van der Waals surface area contributed by atoms with E-state index in [0.29, 0.717) is 11.3 Å². The average molecular weight is 347 g/mol. The second-order valence-electron chi connectivity index (χ2n) is 5.94. The summed E-state index contributed by atoms with van der Waals surface area (Å²) in [6, 6.07) is 14.3. The van der Waals surface area contributed by atoms with E-state index in [0.717, 1.165) is 33.8 Å². The van der Waals surface area contributed by atoms with E-state index < -0.39 is 0 Å². The SMILES string of the molecule is C=CCn1c(-c2ccc(-c3nc4ccc(C)cc4[nH]3)cc2)n[nH]c1=S. The Morgan fingerprint density at radius 2 is 1.92 bits per heavy atom. The number of aromatic amines is 2. The third kappa shape index (κ3) is 2.81. The number of nitrogens with one attached hydrogen (secondary N) is 2. The molecule has 0 aliphatic heterocycles. The first-order chi connectivity index (χ1) is 12.2. The highest BCUT2D eigenvalue weighted by molar-refractivity contribution is 7.71. The Hall–Kier alpha value is -2.99. The van der Waals surface area contributed by atoms with Crippen molar-refractivity contribution in [2.75, 3.05) is 0 Å². The second-order valence-corrected chi connectivity index (χ2v) is 6.32. The van der Waals surface area contributed by atoms with Crippen LogP contribution < -0.4 is 0 Å². The van der Waals surface area contributed by atoms with Crippen LogP contribution in [0.2, 0.25) is 0 Å². The second kappa shape index (κ2) is 6.14. The Labute approximate surface area is 150 Å². The molecule has 2 N–H and O–H groups in total. The van der Waals surface area contributed by atoms with Crippen LogP contribution in [0.25, 0.3) is 33.8 Å². The van der Waals surface area contributed by atoms with Crippen molar-refractivity contribution >= 4 is 23.3 Å². The Kier molecular flexibility index (Phi) is 3.82. The molecule has 2 aromatic carbocycles. The molecule has 5 nitrogen and oxygen atoms in total. The minimum Gasteiger partial charge on any atom is -0.338 e. The van der Waals surface area contributed by atoms with Crippen molar-refractivity contribution < 1.29 is 0 Å². The molecule has 25 heavy (non-hydrogen) atoms. The zero-order valence-corrected chi connectivity index (χ0v) is 14.6. The molecular formula is C19H17N5S. The first kappa shape index (κ1) is 15.5. The van der Waals surface area contributed by atoms with Crippen LogP contribution in [0.1, 0.15) is 5.56 Å². The first-order valence-corrected chi connectivity index (χ1v) is 8.40. The van der Waals surface area contributed by atoms with E-state index in [4.69, 9.17) is 12.2 Å². The summed E-state index contributed by atoms with van der Waals surface area (Å²) < 4.78 is 2.51. The van der Waals surface area contributed by atoms with E-state index in [9.17, 15) is 0 Å². The molecule has 0 unspecified atom stereocenters. The lowest BCUT2D eigenvalue weighted by molar-refractivity contribution is 0.814. The monoisotopic (exact) mass is 347 g/mol. The van der Waals surface area contributed by atoms with Crippen molar-refractivity contribution in [3.8, 4) is 22.8 Å². The molecule has 0 aliphatic carbocycles. The topological polar surface area (TPSA) is 62.3 Å². The van der Waals surface area contributed by atoms with Gasteiger partial charge in [-0.1, -0.05) is 36.4 Å². The number of nitrogens with zero attached hydrogens (tertiary/aromatic N) is 3. The first-order valence-electron chi connectivity index (χ1n) is 7.99. The fraction of sp³-hybridized carbons (Fsp3) is 0.105. The van der Waals surface area contributed by atoms with E-state index in [2.05, 4.69) is 45.8 Å². The van der Waals surface area contributed by atoms with Crippen molar-refractivity contribution in [3.05, 3.63) is 65.5 Å². The summed E-state index contributed by atoms with van der Waals surface area (Å²) in [6.07, 6.45) is 1.81. The van der Waals surface area contributed by atoms with Gasteiger partial charge in [-0.25, -0.2) is 4.98 Å². The van der Waals surface area contributed by atoms with Gasteiger partial charge in [-0.3, -0.25) is 9.67 Å². The summed E-state index contributed by atoms with van der Waals surface area (Å²) in [6.45, 7) is 6.47. The van der Waals surface area contributed by atoms with E-state index in [1.54, 1.807) is 6.08 Å². The molecule has 0 radical (unpaired) electrons. The van der Waals surface area contributed by atoms with Crippen molar-refractivity contribution in [1.29, 1.82) is 0 Å². The molecular weight excluding hydrogens is 330 g/mol. The molecule has 2 heterocycles. The third-order valence-corrected chi connectivity index (χ3v) is 4.44. The van der Waals surface area contributed by atoms with Crippen LogP contribution in [0.5, 0.6) is 0 Å². The third-order valence-electron chi connectivity index (χ3n) is 4.12. The molecule has 4 aromatic rings. The summed E-state index contributed by atoms with van der Waals surface area (Å²) in [5.41, 5.74) is 5.25. The zero-order chi connectivity index (χ0) is 17.4. The number of hydrogen-bond acceptors (Lipinski definition) is 3. The van der Waals surface area contributed by atoms with Crippen molar-refractivity contribution in [2.45, 2.75) is 13.5 Å². The van der Waals surface area contributed by atoms with Crippen molar-refractivity contribution in [1.82, 2.24) is 24.7 Å². The minimum atomic E-state index is 0.589. The smallest absolute Gasteiger partial charge is 0.195 e. The van der Waals surface area contributed by atoms with Gasteiger partial charge in [0.1, 0.15) is 5.82 Å². The van der Waals surface area contributed by atoms with Crippen LogP contribution >= 0.6 is 12.2 Å². The van der Waals surface area contributed by atoms with E-state index >= 15 is 0 Å². The highest BCUT2D eigenvalue weighted by Gasteiger charge is 2.10. The number of fused-ring (bicyclic) bond motifs is 1. The summed E-state index contributed by atoms with van der Waals surface area (Å²) in [5, 5.41) is 7.17. The molecule has 4 rings (SSSR count). The Bertz CT molecular complexity index is 1110. The zero-order valence-electron chi connectivity index (χ0n) is 13.8. The van der Waals surface area contributed by atoms with E-state index in [1.807, 2.05) is 34.9 Å².